The summed E-state index contributed by atoms with van der Waals surface area (Å²) in [6, 6.07) is 11.5. The molecule has 1 aliphatic heterocycles. The Labute approximate surface area is 222 Å². The van der Waals surface area contributed by atoms with Gasteiger partial charge in [0.25, 0.3) is 11.8 Å². The van der Waals surface area contributed by atoms with Crippen LogP contribution >= 0.6 is 11.3 Å². The van der Waals surface area contributed by atoms with E-state index in [1.807, 2.05) is 62.1 Å². The molecule has 0 radical (unpaired) electrons. The fourth-order valence-corrected chi connectivity index (χ4v) is 5.81. The molecule has 38 heavy (non-hydrogen) atoms. The number of anilines is 1. The lowest BCUT2D eigenvalue weighted by molar-refractivity contribution is 0.0704. The molecule has 0 saturated carbocycles. The minimum Gasteiger partial charge on any atom is -0.337 e. The zero-order valence-electron chi connectivity index (χ0n) is 21.3. The number of thiazole rings is 1. The monoisotopic (exact) mass is 526 g/mol. The molecule has 1 aromatic carbocycles. The van der Waals surface area contributed by atoms with Crippen molar-refractivity contribution in [2.24, 2.45) is 0 Å². The number of benzene rings is 1. The third-order valence-corrected chi connectivity index (χ3v) is 7.91. The molecule has 1 aliphatic rings. The quantitative estimate of drug-likeness (QED) is 0.370. The SMILES string of the molecule is Cc1ccc2cc(NC(=O)c3csc(C4CCN(C(=O)c5nnc6cc(C)nn6c5C)CC4)n3)ccc2n1. The number of pyridine rings is 1. The van der Waals surface area contributed by atoms with E-state index in [2.05, 4.69) is 30.6 Å². The van der Waals surface area contributed by atoms with Gasteiger partial charge in [-0.1, -0.05) is 6.07 Å². The summed E-state index contributed by atoms with van der Waals surface area (Å²) < 4.78 is 1.67. The van der Waals surface area contributed by atoms with E-state index in [0.29, 0.717) is 41.5 Å². The van der Waals surface area contributed by atoms with Crippen LogP contribution in [-0.4, -0.2) is 59.6 Å². The summed E-state index contributed by atoms with van der Waals surface area (Å²) in [6.45, 7) is 6.86. The first kappa shape index (κ1) is 24.1. The van der Waals surface area contributed by atoms with Crippen molar-refractivity contribution in [2.45, 2.75) is 39.5 Å². The van der Waals surface area contributed by atoms with Gasteiger partial charge in [-0.2, -0.15) is 5.10 Å². The third kappa shape index (κ3) is 4.49. The molecule has 0 aliphatic carbocycles. The number of hydrogen-bond acceptors (Lipinski definition) is 8. The van der Waals surface area contributed by atoms with E-state index in [-0.39, 0.29) is 17.7 Å². The van der Waals surface area contributed by atoms with Gasteiger partial charge in [0, 0.05) is 47.2 Å². The number of aryl methyl sites for hydroxylation is 3. The number of hydrogen-bond donors (Lipinski definition) is 1. The summed E-state index contributed by atoms with van der Waals surface area (Å²) in [5.41, 5.74) is 5.42. The summed E-state index contributed by atoms with van der Waals surface area (Å²) in [5.74, 6) is -0.176. The predicted octanol–water partition coefficient (Wildman–Crippen LogP) is 4.33. The second-order valence-electron chi connectivity index (χ2n) is 9.64. The van der Waals surface area contributed by atoms with E-state index in [0.717, 1.165) is 40.1 Å². The fraction of sp³-hybridized carbons (Fsp3) is 0.296. The molecular formula is C27H26N8O2S. The second kappa shape index (κ2) is 9.56. The number of nitrogens with zero attached hydrogens (tertiary/aromatic N) is 7. The average Bonchev–Trinajstić information content (AvgIpc) is 3.56. The summed E-state index contributed by atoms with van der Waals surface area (Å²) in [6.07, 6.45) is 1.54. The first-order chi connectivity index (χ1) is 18.4. The maximum absolute atomic E-state index is 13.2. The molecule has 11 heteroatoms. The number of piperidine rings is 1. The summed E-state index contributed by atoms with van der Waals surface area (Å²) in [7, 11) is 0. The Morgan fingerprint density at radius 3 is 2.61 bits per heavy atom. The van der Waals surface area contributed by atoms with Crippen molar-refractivity contribution in [3.05, 3.63) is 75.3 Å². The van der Waals surface area contributed by atoms with Crippen molar-refractivity contribution in [3.63, 3.8) is 0 Å². The van der Waals surface area contributed by atoms with Gasteiger partial charge in [-0.05, 0) is 57.9 Å². The molecule has 0 atom stereocenters. The first-order valence-corrected chi connectivity index (χ1v) is 13.4. The molecule has 2 amide bonds. The number of rotatable bonds is 4. The Kier molecular flexibility index (Phi) is 6.07. The lowest BCUT2D eigenvalue weighted by atomic mass is 9.97. The molecule has 1 N–H and O–H groups in total. The number of carbonyl (C=O) groups excluding carboxylic acids is 2. The lowest BCUT2D eigenvalue weighted by Gasteiger charge is -2.31. The van der Waals surface area contributed by atoms with Gasteiger partial charge in [0.15, 0.2) is 11.3 Å². The largest absolute Gasteiger partial charge is 0.337 e. The first-order valence-electron chi connectivity index (χ1n) is 12.5. The van der Waals surface area contributed by atoms with Gasteiger partial charge in [-0.15, -0.1) is 21.5 Å². The summed E-state index contributed by atoms with van der Waals surface area (Å²) >= 11 is 1.49. The Balaban J connectivity index is 1.09. The number of aromatic nitrogens is 6. The van der Waals surface area contributed by atoms with Crippen LogP contribution in [0, 0.1) is 20.8 Å². The van der Waals surface area contributed by atoms with Crippen LogP contribution in [0.1, 0.15) is 61.8 Å². The van der Waals surface area contributed by atoms with Gasteiger partial charge in [0.05, 0.1) is 21.9 Å². The Morgan fingerprint density at radius 2 is 1.79 bits per heavy atom. The zero-order valence-corrected chi connectivity index (χ0v) is 22.1. The van der Waals surface area contributed by atoms with Crippen LogP contribution in [0.2, 0.25) is 0 Å². The van der Waals surface area contributed by atoms with Crippen molar-refractivity contribution in [1.29, 1.82) is 0 Å². The van der Waals surface area contributed by atoms with Gasteiger partial charge in [-0.25, -0.2) is 9.50 Å². The molecule has 0 spiro atoms. The standard InChI is InChI=1S/C27H26N8O2S/c1-15-4-5-19-13-20(6-7-21(19)28-15)29-25(36)22-14-38-26(30-22)18-8-10-34(11-9-18)27(37)24-17(3)35-23(31-32-24)12-16(2)33-35/h4-7,12-14,18H,8-11H2,1-3H3,(H,29,36). The molecule has 192 valence electrons. The fourth-order valence-electron chi connectivity index (χ4n) is 4.83. The van der Waals surface area contributed by atoms with Crippen molar-refractivity contribution in [2.75, 3.05) is 18.4 Å². The number of nitrogens with one attached hydrogen (secondary N) is 1. The van der Waals surface area contributed by atoms with E-state index in [1.165, 1.54) is 11.3 Å². The highest BCUT2D eigenvalue weighted by molar-refractivity contribution is 7.10. The second-order valence-corrected chi connectivity index (χ2v) is 10.5. The molecule has 0 unspecified atom stereocenters. The molecule has 1 fully saturated rings. The van der Waals surface area contributed by atoms with Gasteiger partial charge < -0.3 is 10.2 Å². The number of amides is 2. The maximum atomic E-state index is 13.2. The number of carbonyl (C=O) groups is 2. The molecule has 0 bridgehead atoms. The zero-order chi connectivity index (χ0) is 26.4. The molecule has 6 rings (SSSR count). The Bertz CT molecular complexity index is 1700. The van der Waals surface area contributed by atoms with Crippen molar-refractivity contribution in [1.82, 2.24) is 34.7 Å². The Hall–Kier alpha value is -4.25. The van der Waals surface area contributed by atoms with Crippen LogP contribution in [0.5, 0.6) is 0 Å². The Morgan fingerprint density at radius 1 is 0.974 bits per heavy atom. The third-order valence-electron chi connectivity index (χ3n) is 6.90. The van der Waals surface area contributed by atoms with Crippen LogP contribution in [0.15, 0.2) is 41.8 Å². The van der Waals surface area contributed by atoms with Crippen molar-refractivity contribution < 1.29 is 9.59 Å². The van der Waals surface area contributed by atoms with Gasteiger partial charge >= 0.3 is 0 Å². The molecule has 5 heterocycles. The normalized spacial score (nSPS) is 14.3. The van der Waals surface area contributed by atoms with E-state index in [9.17, 15) is 9.59 Å². The smallest absolute Gasteiger partial charge is 0.276 e. The topological polar surface area (TPSA) is 118 Å². The van der Waals surface area contributed by atoms with Gasteiger partial charge in [-0.3, -0.25) is 14.6 Å². The molecular weight excluding hydrogens is 500 g/mol. The minimum absolute atomic E-state index is 0.136. The minimum atomic E-state index is -0.238. The van der Waals surface area contributed by atoms with Crippen LogP contribution < -0.4 is 5.32 Å². The highest BCUT2D eigenvalue weighted by Crippen LogP contribution is 2.31. The van der Waals surface area contributed by atoms with E-state index in [1.54, 1.807) is 9.90 Å². The van der Waals surface area contributed by atoms with Crippen LogP contribution in [0.3, 0.4) is 0 Å². The molecule has 1 saturated heterocycles. The van der Waals surface area contributed by atoms with Crippen molar-refractivity contribution in [3.8, 4) is 0 Å². The molecule has 5 aromatic rings. The maximum Gasteiger partial charge on any atom is 0.276 e. The van der Waals surface area contributed by atoms with Crippen LogP contribution in [0.4, 0.5) is 5.69 Å². The van der Waals surface area contributed by atoms with Gasteiger partial charge in [0.1, 0.15) is 5.69 Å². The van der Waals surface area contributed by atoms with E-state index < -0.39 is 0 Å². The van der Waals surface area contributed by atoms with E-state index >= 15 is 0 Å². The van der Waals surface area contributed by atoms with Crippen LogP contribution in [0.25, 0.3) is 16.6 Å². The number of likely N-dealkylation sites (tertiary alicyclic amines) is 1. The van der Waals surface area contributed by atoms with Gasteiger partial charge in [0.2, 0.25) is 0 Å². The summed E-state index contributed by atoms with van der Waals surface area (Å²) in [4.78, 5) is 37.0. The highest BCUT2D eigenvalue weighted by atomic mass is 32.1. The summed E-state index contributed by atoms with van der Waals surface area (Å²) in [5, 5.41) is 19.4. The average molecular weight is 527 g/mol. The van der Waals surface area contributed by atoms with Crippen LogP contribution in [-0.2, 0) is 0 Å². The van der Waals surface area contributed by atoms with E-state index in [4.69, 9.17) is 0 Å². The molecule has 4 aromatic heterocycles. The predicted molar refractivity (Wildman–Crippen MR) is 145 cm³/mol. The number of fused-ring (bicyclic) bond motifs is 2. The lowest BCUT2D eigenvalue weighted by Crippen LogP contribution is -2.39. The van der Waals surface area contributed by atoms with Crippen molar-refractivity contribution >= 4 is 45.4 Å². The highest BCUT2D eigenvalue weighted by Gasteiger charge is 2.29. The molecule has 10 nitrogen and oxygen atoms in total.